The molecule has 1 atom stereocenters. The van der Waals surface area contributed by atoms with E-state index in [9.17, 15) is 4.79 Å². The molecule has 1 heterocycles. The first-order valence-corrected chi connectivity index (χ1v) is 5.47. The summed E-state index contributed by atoms with van der Waals surface area (Å²) in [6.45, 7) is 2.07. The van der Waals surface area contributed by atoms with Gasteiger partial charge in [0, 0.05) is 6.20 Å². The van der Waals surface area contributed by atoms with E-state index in [0.29, 0.717) is 6.61 Å². The Hall–Kier alpha value is -1.17. The fourth-order valence-electron chi connectivity index (χ4n) is 0.955. The highest BCUT2D eigenvalue weighted by molar-refractivity contribution is 7.99. The van der Waals surface area contributed by atoms with Crippen molar-refractivity contribution in [1.82, 2.24) is 5.32 Å². The standard InChI is InChI=1S/C8H13N3O2S/c1-3-13-7(12)5-4-10-8(14-2)11-6(5)9/h4,8,10H,3H2,1-2H3,(H2,9,11)/t8-/m0/s1. The third-order valence-electron chi connectivity index (χ3n) is 1.62. The van der Waals surface area contributed by atoms with Crippen LogP contribution >= 0.6 is 11.8 Å². The zero-order valence-corrected chi connectivity index (χ0v) is 8.93. The second kappa shape index (κ2) is 4.90. The lowest BCUT2D eigenvalue weighted by molar-refractivity contribution is -0.137. The van der Waals surface area contributed by atoms with Crippen molar-refractivity contribution in [2.45, 2.75) is 12.4 Å². The molecule has 0 spiro atoms. The molecule has 0 saturated heterocycles. The summed E-state index contributed by atoms with van der Waals surface area (Å²) in [5, 5.41) is 2.92. The number of esters is 1. The maximum Gasteiger partial charge on any atom is 0.343 e. The van der Waals surface area contributed by atoms with E-state index < -0.39 is 5.97 Å². The largest absolute Gasteiger partial charge is 0.462 e. The number of aliphatic imine (C=N–C) groups is 1. The van der Waals surface area contributed by atoms with Crippen LogP contribution in [0.4, 0.5) is 0 Å². The number of nitrogens with two attached hydrogens (primary N) is 1. The smallest absolute Gasteiger partial charge is 0.343 e. The molecule has 1 rings (SSSR count). The molecule has 0 saturated carbocycles. The molecule has 0 aromatic rings. The Morgan fingerprint density at radius 3 is 3.07 bits per heavy atom. The van der Waals surface area contributed by atoms with Crippen molar-refractivity contribution < 1.29 is 9.53 Å². The van der Waals surface area contributed by atoms with Crippen LogP contribution in [0.5, 0.6) is 0 Å². The maximum absolute atomic E-state index is 11.3. The summed E-state index contributed by atoms with van der Waals surface area (Å²) >= 11 is 1.50. The van der Waals surface area contributed by atoms with Crippen molar-refractivity contribution in [3.63, 3.8) is 0 Å². The number of hydrogen-bond donors (Lipinski definition) is 2. The van der Waals surface area contributed by atoms with Gasteiger partial charge in [0.05, 0.1) is 6.61 Å². The molecule has 78 valence electrons. The molecule has 0 amide bonds. The topological polar surface area (TPSA) is 76.7 Å². The average molecular weight is 215 g/mol. The predicted octanol–water partition coefficient (Wildman–Crippen LogP) is 0.0404. The van der Waals surface area contributed by atoms with Gasteiger partial charge in [-0.25, -0.2) is 9.79 Å². The second-order valence-corrected chi connectivity index (χ2v) is 3.47. The SMILES string of the molecule is CCOC(=O)C1=CN[C@H](SC)N=C1N. The summed E-state index contributed by atoms with van der Waals surface area (Å²) in [5.74, 6) is -0.220. The van der Waals surface area contributed by atoms with Gasteiger partial charge in [-0.2, -0.15) is 0 Å². The van der Waals surface area contributed by atoms with Gasteiger partial charge in [0.25, 0.3) is 0 Å². The Balaban J connectivity index is 2.69. The molecule has 1 aliphatic rings. The quantitative estimate of drug-likeness (QED) is 0.650. The average Bonchev–Trinajstić information content (AvgIpc) is 2.17. The summed E-state index contributed by atoms with van der Waals surface area (Å²) in [4.78, 5) is 15.4. The lowest BCUT2D eigenvalue weighted by Gasteiger charge is -2.17. The first-order chi connectivity index (χ1) is 6.69. The molecular weight excluding hydrogens is 202 g/mol. The number of carbonyl (C=O) groups is 1. The van der Waals surface area contributed by atoms with Gasteiger partial charge in [0.2, 0.25) is 0 Å². The van der Waals surface area contributed by atoms with Crippen molar-refractivity contribution in [3.05, 3.63) is 11.8 Å². The Bertz CT molecular complexity index is 288. The predicted molar refractivity (Wildman–Crippen MR) is 56.8 cm³/mol. The molecule has 0 aliphatic carbocycles. The highest BCUT2D eigenvalue weighted by Crippen LogP contribution is 2.11. The minimum absolute atomic E-state index is 0.117. The minimum atomic E-state index is -0.444. The molecule has 0 unspecified atom stereocenters. The van der Waals surface area contributed by atoms with Crippen molar-refractivity contribution in [1.29, 1.82) is 0 Å². The zero-order chi connectivity index (χ0) is 10.6. The number of carbonyl (C=O) groups excluding carboxylic acids is 1. The minimum Gasteiger partial charge on any atom is -0.462 e. The molecule has 6 heteroatoms. The van der Waals surface area contributed by atoms with E-state index >= 15 is 0 Å². The van der Waals surface area contributed by atoms with Gasteiger partial charge in [0.1, 0.15) is 11.4 Å². The van der Waals surface area contributed by atoms with E-state index in [1.165, 1.54) is 11.8 Å². The fourth-order valence-corrected chi connectivity index (χ4v) is 1.38. The third-order valence-corrected chi connectivity index (χ3v) is 2.31. The molecule has 0 bridgehead atoms. The van der Waals surface area contributed by atoms with E-state index in [-0.39, 0.29) is 16.9 Å². The molecule has 1 aliphatic heterocycles. The molecule has 5 nitrogen and oxygen atoms in total. The first kappa shape index (κ1) is 10.9. The highest BCUT2D eigenvalue weighted by Gasteiger charge is 2.20. The monoisotopic (exact) mass is 215 g/mol. The molecular formula is C8H13N3O2S. The molecule has 0 aromatic carbocycles. The molecule has 3 N–H and O–H groups in total. The molecule has 0 radical (unpaired) electrons. The Labute approximate surface area is 86.8 Å². The fraction of sp³-hybridized carbons (Fsp3) is 0.500. The van der Waals surface area contributed by atoms with Crippen molar-refractivity contribution in [2.24, 2.45) is 10.7 Å². The van der Waals surface area contributed by atoms with Crippen LogP contribution in [0.2, 0.25) is 0 Å². The summed E-state index contributed by atoms with van der Waals surface area (Å²) in [5.41, 5.74) is 5.78. The Morgan fingerprint density at radius 2 is 2.57 bits per heavy atom. The number of thioether (sulfide) groups is 1. The van der Waals surface area contributed by atoms with Crippen LogP contribution in [0.25, 0.3) is 0 Å². The summed E-state index contributed by atoms with van der Waals surface area (Å²) in [7, 11) is 0. The number of rotatable bonds is 3. The highest BCUT2D eigenvalue weighted by atomic mass is 32.2. The number of ether oxygens (including phenoxy) is 1. The number of nitrogens with one attached hydrogen (secondary N) is 1. The van der Waals surface area contributed by atoms with E-state index in [2.05, 4.69) is 10.3 Å². The third kappa shape index (κ3) is 2.41. The van der Waals surface area contributed by atoms with Gasteiger partial charge < -0.3 is 15.8 Å². The van der Waals surface area contributed by atoms with E-state index in [4.69, 9.17) is 10.5 Å². The lowest BCUT2D eigenvalue weighted by Crippen LogP contribution is -2.34. The number of amidine groups is 1. The molecule has 0 fully saturated rings. The van der Waals surface area contributed by atoms with Gasteiger partial charge in [-0.15, -0.1) is 11.8 Å². The number of nitrogens with zero attached hydrogens (tertiary/aromatic N) is 1. The number of hydrogen-bond acceptors (Lipinski definition) is 6. The van der Waals surface area contributed by atoms with Crippen LogP contribution in [-0.2, 0) is 9.53 Å². The van der Waals surface area contributed by atoms with Crippen LogP contribution in [0.1, 0.15) is 6.92 Å². The van der Waals surface area contributed by atoms with Gasteiger partial charge in [-0.1, -0.05) is 0 Å². The van der Waals surface area contributed by atoms with Crippen LogP contribution in [0.3, 0.4) is 0 Å². The zero-order valence-electron chi connectivity index (χ0n) is 8.11. The van der Waals surface area contributed by atoms with Crippen molar-refractivity contribution >= 4 is 23.6 Å². The summed E-state index contributed by atoms with van der Waals surface area (Å²) < 4.78 is 4.81. The van der Waals surface area contributed by atoms with Crippen LogP contribution < -0.4 is 11.1 Å². The lowest BCUT2D eigenvalue weighted by atomic mass is 10.2. The van der Waals surface area contributed by atoms with Crippen LogP contribution in [0, 0.1) is 0 Å². The van der Waals surface area contributed by atoms with E-state index in [0.717, 1.165) is 0 Å². The normalized spacial score (nSPS) is 20.6. The summed E-state index contributed by atoms with van der Waals surface area (Å²) in [6, 6.07) is 0. The Kier molecular flexibility index (Phi) is 3.82. The van der Waals surface area contributed by atoms with Gasteiger partial charge >= 0.3 is 5.97 Å². The van der Waals surface area contributed by atoms with Crippen LogP contribution in [-0.4, -0.2) is 30.2 Å². The Morgan fingerprint density at radius 1 is 1.86 bits per heavy atom. The maximum atomic E-state index is 11.3. The van der Waals surface area contributed by atoms with Gasteiger partial charge in [-0.05, 0) is 13.2 Å². The van der Waals surface area contributed by atoms with Crippen molar-refractivity contribution in [3.8, 4) is 0 Å². The molecule has 14 heavy (non-hydrogen) atoms. The summed E-state index contributed by atoms with van der Waals surface area (Å²) in [6.07, 6.45) is 3.44. The van der Waals surface area contributed by atoms with E-state index in [1.807, 2.05) is 6.26 Å². The molecule has 0 aromatic heterocycles. The first-order valence-electron chi connectivity index (χ1n) is 4.18. The van der Waals surface area contributed by atoms with Gasteiger partial charge in [0.15, 0.2) is 5.50 Å². The van der Waals surface area contributed by atoms with Crippen LogP contribution in [0.15, 0.2) is 16.8 Å². The van der Waals surface area contributed by atoms with E-state index in [1.54, 1.807) is 13.1 Å². The van der Waals surface area contributed by atoms with Gasteiger partial charge in [-0.3, -0.25) is 0 Å². The van der Waals surface area contributed by atoms with Crippen molar-refractivity contribution in [2.75, 3.05) is 12.9 Å². The second-order valence-electron chi connectivity index (χ2n) is 2.55.